The molecule has 13 heavy (non-hydrogen) atoms. The highest BCUT2D eigenvalue weighted by Gasteiger charge is 2.16. The average molecular weight is 220 g/mol. The highest BCUT2D eigenvalue weighted by molar-refractivity contribution is 7.91. The molecule has 0 aliphatic heterocycles. The molecule has 74 valence electrons. The molecule has 0 saturated carbocycles. The zero-order valence-corrected chi connectivity index (χ0v) is 8.86. The van der Waals surface area contributed by atoms with Crippen molar-refractivity contribution in [2.24, 2.45) is 5.73 Å². The maximum atomic E-state index is 11.5. The van der Waals surface area contributed by atoms with E-state index < -0.39 is 10.0 Å². The van der Waals surface area contributed by atoms with Crippen LogP contribution in [0.1, 0.15) is 6.92 Å². The van der Waals surface area contributed by atoms with Gasteiger partial charge in [-0.3, -0.25) is 0 Å². The van der Waals surface area contributed by atoms with Crippen LogP contribution >= 0.6 is 11.3 Å². The summed E-state index contributed by atoms with van der Waals surface area (Å²) in [7, 11) is -3.34. The Morgan fingerprint density at radius 2 is 2.38 bits per heavy atom. The molecule has 1 aromatic rings. The normalized spacial score (nSPS) is 14.3. The van der Waals surface area contributed by atoms with E-state index in [0.717, 1.165) is 0 Å². The van der Waals surface area contributed by atoms with Crippen LogP contribution in [0.25, 0.3) is 0 Å². The lowest BCUT2D eigenvalue weighted by Gasteiger charge is -2.09. The van der Waals surface area contributed by atoms with Gasteiger partial charge in [0.2, 0.25) is 10.0 Å². The molecule has 0 aromatic carbocycles. The van der Waals surface area contributed by atoms with E-state index in [-0.39, 0.29) is 6.04 Å². The molecule has 0 aliphatic carbocycles. The van der Waals surface area contributed by atoms with E-state index in [4.69, 9.17) is 5.73 Å². The Kier molecular flexibility index (Phi) is 3.43. The second-order valence-corrected chi connectivity index (χ2v) is 5.58. The minimum atomic E-state index is -3.34. The first kappa shape index (κ1) is 10.6. The Hall–Kier alpha value is -0.430. The van der Waals surface area contributed by atoms with Crippen molar-refractivity contribution in [2.75, 3.05) is 6.54 Å². The Morgan fingerprint density at radius 3 is 2.85 bits per heavy atom. The molecule has 6 heteroatoms. The Balaban J connectivity index is 2.79. The van der Waals surface area contributed by atoms with Gasteiger partial charge in [0.1, 0.15) is 4.21 Å². The van der Waals surface area contributed by atoms with Crippen LogP contribution in [0.2, 0.25) is 0 Å². The van der Waals surface area contributed by atoms with Crippen molar-refractivity contribution in [1.29, 1.82) is 0 Å². The van der Waals surface area contributed by atoms with Gasteiger partial charge in [-0.05, 0) is 18.4 Å². The van der Waals surface area contributed by atoms with Crippen LogP contribution in [-0.4, -0.2) is 21.0 Å². The van der Waals surface area contributed by atoms with E-state index in [1.54, 1.807) is 24.4 Å². The molecule has 0 unspecified atom stereocenters. The average Bonchev–Trinajstić information content (AvgIpc) is 2.55. The summed E-state index contributed by atoms with van der Waals surface area (Å²) in [5.41, 5.74) is 5.31. The van der Waals surface area contributed by atoms with E-state index in [0.29, 0.717) is 10.8 Å². The number of sulfonamides is 1. The molecule has 0 radical (unpaired) electrons. The summed E-state index contributed by atoms with van der Waals surface area (Å²) in [6, 6.07) is 3.04. The standard InChI is InChI=1S/C7H12N2O2S2/c1-6(5-8)9-13(10,11)7-3-2-4-12-7/h2-4,6,9H,5,8H2,1H3/t6-/m0/s1. The fraction of sp³-hybridized carbons (Fsp3) is 0.429. The molecule has 1 rings (SSSR count). The van der Waals surface area contributed by atoms with Crippen molar-refractivity contribution in [3.8, 4) is 0 Å². The van der Waals surface area contributed by atoms with Crippen molar-refractivity contribution in [3.63, 3.8) is 0 Å². The fourth-order valence-electron chi connectivity index (χ4n) is 0.787. The quantitative estimate of drug-likeness (QED) is 0.770. The molecule has 0 spiro atoms. The van der Waals surface area contributed by atoms with Crippen molar-refractivity contribution >= 4 is 21.4 Å². The van der Waals surface area contributed by atoms with Crippen molar-refractivity contribution < 1.29 is 8.42 Å². The SMILES string of the molecule is C[C@@H](CN)NS(=O)(=O)c1cccs1. The lowest BCUT2D eigenvalue weighted by Crippen LogP contribution is -2.37. The summed E-state index contributed by atoms with van der Waals surface area (Å²) in [6.45, 7) is 2.02. The number of thiophene rings is 1. The smallest absolute Gasteiger partial charge is 0.250 e. The lowest BCUT2D eigenvalue weighted by molar-refractivity contribution is 0.564. The third-order valence-corrected chi connectivity index (χ3v) is 4.46. The number of nitrogens with one attached hydrogen (secondary N) is 1. The number of rotatable bonds is 4. The first-order valence-corrected chi connectivity index (χ1v) is 6.18. The molecular formula is C7H12N2O2S2. The molecule has 3 N–H and O–H groups in total. The van der Waals surface area contributed by atoms with Gasteiger partial charge in [-0.25, -0.2) is 13.1 Å². The third-order valence-electron chi connectivity index (χ3n) is 1.47. The largest absolute Gasteiger partial charge is 0.329 e. The zero-order chi connectivity index (χ0) is 9.90. The second-order valence-electron chi connectivity index (χ2n) is 2.69. The molecular weight excluding hydrogens is 208 g/mol. The van der Waals surface area contributed by atoms with Gasteiger partial charge in [-0.2, -0.15) is 0 Å². The van der Waals surface area contributed by atoms with Crippen molar-refractivity contribution in [2.45, 2.75) is 17.2 Å². The molecule has 0 aliphatic rings. The van der Waals surface area contributed by atoms with E-state index >= 15 is 0 Å². The summed E-state index contributed by atoms with van der Waals surface area (Å²) >= 11 is 1.19. The predicted molar refractivity (Wildman–Crippen MR) is 53.2 cm³/mol. The van der Waals surface area contributed by atoms with Gasteiger partial charge in [0, 0.05) is 12.6 Å². The minimum absolute atomic E-state index is 0.230. The van der Waals surface area contributed by atoms with E-state index in [9.17, 15) is 8.42 Å². The number of hydrogen-bond donors (Lipinski definition) is 2. The van der Waals surface area contributed by atoms with Crippen LogP contribution in [0.3, 0.4) is 0 Å². The topological polar surface area (TPSA) is 72.2 Å². The predicted octanol–water partition coefficient (Wildman–Crippen LogP) is 0.374. The van der Waals surface area contributed by atoms with Gasteiger partial charge in [0.25, 0.3) is 0 Å². The first-order valence-electron chi connectivity index (χ1n) is 3.82. The Bertz CT molecular complexity index is 345. The number of nitrogens with two attached hydrogens (primary N) is 1. The van der Waals surface area contributed by atoms with Crippen LogP contribution in [0, 0.1) is 0 Å². The summed E-state index contributed by atoms with van der Waals surface area (Å²) in [6.07, 6.45) is 0. The summed E-state index contributed by atoms with van der Waals surface area (Å²) in [4.78, 5) is 0. The van der Waals surface area contributed by atoms with Gasteiger partial charge in [-0.15, -0.1) is 11.3 Å². The highest BCUT2D eigenvalue weighted by atomic mass is 32.2. The minimum Gasteiger partial charge on any atom is -0.329 e. The van der Waals surface area contributed by atoms with Crippen molar-refractivity contribution in [1.82, 2.24) is 4.72 Å². The molecule has 1 atom stereocenters. The molecule has 1 aromatic heterocycles. The van der Waals surface area contributed by atoms with Gasteiger partial charge < -0.3 is 5.73 Å². The van der Waals surface area contributed by atoms with Crippen molar-refractivity contribution in [3.05, 3.63) is 17.5 Å². The Morgan fingerprint density at radius 1 is 1.69 bits per heavy atom. The molecule has 0 saturated heterocycles. The third kappa shape index (κ3) is 2.77. The fourth-order valence-corrected chi connectivity index (χ4v) is 3.05. The van der Waals surface area contributed by atoms with Crippen LogP contribution in [0.15, 0.2) is 21.7 Å². The highest BCUT2D eigenvalue weighted by Crippen LogP contribution is 2.15. The molecule has 4 nitrogen and oxygen atoms in total. The van der Waals surface area contributed by atoms with Crippen LogP contribution in [0.5, 0.6) is 0 Å². The zero-order valence-electron chi connectivity index (χ0n) is 7.23. The van der Waals surface area contributed by atoms with Gasteiger partial charge >= 0.3 is 0 Å². The summed E-state index contributed by atoms with van der Waals surface area (Å²) < 4.78 is 25.8. The summed E-state index contributed by atoms with van der Waals surface area (Å²) in [5, 5.41) is 1.72. The van der Waals surface area contributed by atoms with Crippen LogP contribution < -0.4 is 10.5 Å². The molecule has 1 heterocycles. The summed E-state index contributed by atoms with van der Waals surface area (Å²) in [5.74, 6) is 0. The van der Waals surface area contributed by atoms with E-state index in [1.165, 1.54) is 11.3 Å². The van der Waals surface area contributed by atoms with E-state index in [1.807, 2.05) is 0 Å². The molecule has 0 amide bonds. The second kappa shape index (κ2) is 4.19. The van der Waals surface area contributed by atoms with Gasteiger partial charge in [0.05, 0.1) is 0 Å². The van der Waals surface area contributed by atoms with Gasteiger partial charge in [-0.1, -0.05) is 6.07 Å². The monoisotopic (exact) mass is 220 g/mol. The van der Waals surface area contributed by atoms with Crippen LogP contribution in [0.4, 0.5) is 0 Å². The maximum absolute atomic E-state index is 11.5. The Labute approximate surface area is 81.8 Å². The molecule has 0 fully saturated rings. The molecule has 0 bridgehead atoms. The first-order chi connectivity index (χ1) is 6.06. The maximum Gasteiger partial charge on any atom is 0.250 e. The van der Waals surface area contributed by atoms with E-state index in [2.05, 4.69) is 4.72 Å². The van der Waals surface area contributed by atoms with Crippen LogP contribution in [-0.2, 0) is 10.0 Å². The number of hydrogen-bond acceptors (Lipinski definition) is 4. The lowest BCUT2D eigenvalue weighted by atomic mass is 10.4. The van der Waals surface area contributed by atoms with Gasteiger partial charge in [0.15, 0.2) is 0 Å².